The number of hydrogen-bond acceptors (Lipinski definition) is 13. The number of H-pyrrole nitrogens is 1. The number of ether oxygens (including phenoxy) is 1. The van der Waals surface area contributed by atoms with Gasteiger partial charge in [0.2, 0.25) is 58.4 Å². The lowest BCUT2D eigenvalue weighted by atomic mass is 9.76. The molecule has 6 amide bonds. The van der Waals surface area contributed by atoms with Crippen molar-refractivity contribution in [3.05, 3.63) is 117 Å². The number of rotatable bonds is 25. The Kier molecular flexibility index (Phi) is 30.5. The van der Waals surface area contributed by atoms with Crippen LogP contribution in [0.5, 0.6) is 5.88 Å². The molecule has 2 saturated carbocycles. The maximum Gasteiger partial charge on any atom is 0.331 e. The molecule has 2 aliphatic carbocycles. The molecule has 4 aromatic rings. The van der Waals surface area contributed by atoms with Crippen molar-refractivity contribution in [2.24, 2.45) is 23.7 Å². The number of ketones is 2. The summed E-state index contributed by atoms with van der Waals surface area (Å²) in [6.45, 7) is 15.1. The number of methoxy groups -OCH3 is 1. The van der Waals surface area contributed by atoms with Gasteiger partial charge in [-0.1, -0.05) is 84.1 Å². The monoisotopic (exact) mass is 1500 g/mol. The molecule has 5 N–H and O–H groups in total. The Hall–Kier alpha value is -7.05. The number of nitrogens with one attached hydrogen (secondary N) is 5. The number of carbonyl (C=O) groups excluding carboxylic acids is 8. The van der Waals surface area contributed by atoms with E-state index in [4.69, 9.17) is 4.74 Å². The van der Waals surface area contributed by atoms with Gasteiger partial charge in [0, 0.05) is 138 Å². The molecular formula is C70H95F6IN10O10Si. The van der Waals surface area contributed by atoms with E-state index in [-0.39, 0.29) is 78.4 Å². The number of carbonyl (C=O) groups is 8. The van der Waals surface area contributed by atoms with Gasteiger partial charge >= 0.3 is 11.8 Å². The molecule has 98 heavy (non-hydrogen) atoms. The van der Waals surface area contributed by atoms with E-state index in [1.807, 2.05) is 14.1 Å². The van der Waals surface area contributed by atoms with Crippen LogP contribution in [0.15, 0.2) is 77.9 Å². The zero-order valence-corrected chi connectivity index (χ0v) is 60.5. The molecule has 538 valence electrons. The lowest BCUT2D eigenvalue weighted by Gasteiger charge is -2.34. The van der Waals surface area contributed by atoms with Gasteiger partial charge in [0.05, 0.1) is 18.5 Å². The minimum Gasteiger partial charge on any atom is -0.481 e. The first-order chi connectivity index (χ1) is 46.3. The fourth-order valence-corrected chi connectivity index (χ4v) is 12.3. The van der Waals surface area contributed by atoms with Crippen molar-refractivity contribution in [1.82, 2.24) is 40.2 Å². The zero-order chi connectivity index (χ0) is 72.1. The fraction of sp³-hybridized carbons (Fsp3) is 0.571. The SMILES string of the molecule is CCC(=O)N[C@H](Cc1ccc(NC(=O)[C@@H](CC(=O)C(F)(F)c2ccc(=O)[nH]c2)C2CCCCC2)c(F)c1)C(=O)N1CCN(C)CC1.CCC(=O)N[C@H](Cc1ccc(NC(=O)[C@@H](CC(=O)C(F)(F)c2ccc(OC)nc2)C2CCCCC2)c(F)c1)C(=O)N1CCN(C)CC1.C[Si](C)(C)I. The summed E-state index contributed by atoms with van der Waals surface area (Å²) in [6, 6.07) is 10.4. The third-order valence-electron chi connectivity index (χ3n) is 18.1. The molecule has 8 rings (SSSR count). The number of Topliss-reactive ketones (excluding diaryl/α,β-unsaturated/α-hetero) is 2. The summed E-state index contributed by atoms with van der Waals surface area (Å²) in [5, 5.41) is 10.5. The van der Waals surface area contributed by atoms with Crippen LogP contribution in [0.1, 0.15) is 126 Å². The molecule has 2 aromatic carbocycles. The number of hydrogen-bond donors (Lipinski definition) is 5. The average Bonchev–Trinajstić information content (AvgIpc) is 0.817. The van der Waals surface area contributed by atoms with Crippen LogP contribution in [-0.4, -0.2) is 168 Å². The van der Waals surface area contributed by atoms with Gasteiger partial charge in [0.15, 0.2) is 0 Å². The number of amides is 6. The van der Waals surface area contributed by atoms with Crippen molar-refractivity contribution in [3.8, 4) is 5.88 Å². The number of pyridine rings is 2. The molecule has 2 aliphatic heterocycles. The van der Waals surface area contributed by atoms with Gasteiger partial charge in [-0.15, -0.1) is 21.8 Å². The number of anilines is 2. The van der Waals surface area contributed by atoms with Crippen molar-refractivity contribution in [3.63, 3.8) is 0 Å². The molecule has 4 heterocycles. The molecule has 2 aromatic heterocycles. The highest BCUT2D eigenvalue weighted by Gasteiger charge is 2.46. The van der Waals surface area contributed by atoms with Gasteiger partial charge in [-0.05, 0) is 99.1 Å². The first-order valence-electron chi connectivity index (χ1n) is 33.7. The molecule has 2 saturated heterocycles. The highest BCUT2D eigenvalue weighted by Crippen LogP contribution is 2.40. The Morgan fingerprint density at radius 2 is 0.990 bits per heavy atom. The van der Waals surface area contributed by atoms with Crippen molar-refractivity contribution in [2.45, 2.75) is 160 Å². The first kappa shape index (κ1) is 79.9. The minimum absolute atomic E-state index is 0.0289. The largest absolute Gasteiger partial charge is 0.481 e. The second-order valence-corrected chi connectivity index (χ2v) is 40.6. The summed E-state index contributed by atoms with van der Waals surface area (Å²) in [5.74, 6) is -17.6. The molecule has 0 spiro atoms. The van der Waals surface area contributed by atoms with E-state index in [1.54, 1.807) is 29.7 Å². The summed E-state index contributed by atoms with van der Waals surface area (Å²) in [5.41, 5.74) is -2.03. The first-order valence-corrected chi connectivity index (χ1v) is 40.4. The average molecular weight is 1510 g/mol. The second kappa shape index (κ2) is 37.4. The van der Waals surface area contributed by atoms with Crippen molar-refractivity contribution in [2.75, 3.05) is 84.2 Å². The van der Waals surface area contributed by atoms with Gasteiger partial charge in [-0.2, -0.15) is 17.6 Å². The predicted molar refractivity (Wildman–Crippen MR) is 372 cm³/mol. The van der Waals surface area contributed by atoms with E-state index in [9.17, 15) is 43.2 Å². The van der Waals surface area contributed by atoms with Gasteiger partial charge < -0.3 is 50.6 Å². The second-order valence-electron chi connectivity index (χ2n) is 26.7. The van der Waals surface area contributed by atoms with Gasteiger partial charge in [-0.25, -0.2) is 13.8 Å². The molecule has 4 aliphatic rings. The molecule has 4 atom stereocenters. The standard InChI is InChI=1S/C34H44F3N5O5.C33H42F3N5O5.C3H9ISi/c1-4-30(44)39-28(33(46)42-16-14-41(2)15-17-42)19-22-10-12-27(26(35)18-22)40-32(45)25(23-8-6-5-7-9-23)20-29(43)34(36,37)24-11-13-31(47-3)38-21-24;1-3-29(43)38-27(32(46)41-15-13-40(2)14-16-41)18-21-9-11-26(25(34)17-21)39-31(45)24(22-7-5-4-6-8-22)19-28(42)33(35,36)23-10-12-30(44)37-20-23;1-5(2,3)4/h10-13,18,21,23,25,28H,4-9,14-17,19-20H2,1-3H3,(H,39,44)(H,40,45);9-12,17,20,22,24,27H,3-8,13-16,18-19H2,1-2H3,(H,37,44)(H,38,43)(H,39,45);1-3H3/t25-,28+;24-,27+;/m00./s1. The van der Waals surface area contributed by atoms with Crippen LogP contribution in [0.25, 0.3) is 0 Å². The molecule has 28 heteroatoms. The lowest BCUT2D eigenvalue weighted by Crippen LogP contribution is -2.54. The number of aromatic nitrogens is 2. The van der Waals surface area contributed by atoms with Crippen molar-refractivity contribution >= 4 is 85.8 Å². The summed E-state index contributed by atoms with van der Waals surface area (Å²) >= 11 is 2.52. The Morgan fingerprint density at radius 1 is 0.602 bits per heavy atom. The number of halogens is 7. The summed E-state index contributed by atoms with van der Waals surface area (Å²) in [6.07, 6.45) is 7.97. The van der Waals surface area contributed by atoms with E-state index < -0.39 is 106 Å². The molecular weight excluding hydrogens is 1410 g/mol. The highest BCUT2D eigenvalue weighted by atomic mass is 127. The maximum atomic E-state index is 15.4. The Labute approximate surface area is 583 Å². The van der Waals surface area contributed by atoms with E-state index in [0.29, 0.717) is 89.2 Å². The molecule has 0 radical (unpaired) electrons. The summed E-state index contributed by atoms with van der Waals surface area (Å²) in [7, 11) is 5.27. The van der Waals surface area contributed by atoms with E-state index in [2.05, 4.69) is 82.5 Å². The van der Waals surface area contributed by atoms with Crippen LogP contribution in [-0.2, 0) is 63.0 Å². The molecule has 0 bridgehead atoms. The quantitative estimate of drug-likeness (QED) is 0.0179. The van der Waals surface area contributed by atoms with Crippen LogP contribution < -0.4 is 31.6 Å². The lowest BCUT2D eigenvalue weighted by molar-refractivity contribution is -0.147. The Balaban J connectivity index is 0.000000289. The summed E-state index contributed by atoms with van der Waals surface area (Å²) in [4.78, 5) is 129. The third-order valence-corrected chi connectivity index (χ3v) is 18.1. The highest BCUT2D eigenvalue weighted by molar-refractivity contribution is 14.1. The zero-order valence-electron chi connectivity index (χ0n) is 57.3. The Bertz CT molecular complexity index is 3400. The fourth-order valence-electron chi connectivity index (χ4n) is 12.3. The van der Waals surface area contributed by atoms with Gasteiger partial charge in [0.1, 0.15) is 29.3 Å². The third kappa shape index (κ3) is 24.1. The molecule has 4 fully saturated rings. The van der Waals surface area contributed by atoms with Crippen LogP contribution in [0.3, 0.4) is 0 Å². The van der Waals surface area contributed by atoms with E-state index >= 15 is 26.3 Å². The van der Waals surface area contributed by atoms with E-state index in [0.717, 1.165) is 69.1 Å². The predicted octanol–water partition coefficient (Wildman–Crippen LogP) is 10.2. The molecule has 0 unspecified atom stereocenters. The van der Waals surface area contributed by atoms with Gasteiger partial charge in [0.25, 0.3) is 0 Å². The Morgan fingerprint density at radius 3 is 1.33 bits per heavy atom. The maximum absolute atomic E-state index is 15.4. The number of nitrogens with zero attached hydrogens (tertiary/aromatic N) is 5. The summed E-state index contributed by atoms with van der Waals surface area (Å²) < 4.78 is 96.4. The number of likely N-dealkylation sites (N-methyl/N-ethyl adjacent to an activating group) is 2. The minimum atomic E-state index is -3.93. The smallest absolute Gasteiger partial charge is 0.331 e. The topological polar surface area (TPSA) is 253 Å². The van der Waals surface area contributed by atoms with Crippen LogP contribution in [0.4, 0.5) is 37.7 Å². The van der Waals surface area contributed by atoms with Crippen molar-refractivity contribution in [1.29, 1.82) is 0 Å². The van der Waals surface area contributed by atoms with Crippen LogP contribution >= 0.6 is 21.8 Å². The number of aromatic amines is 1. The van der Waals surface area contributed by atoms with Crippen molar-refractivity contribution < 1.29 is 69.4 Å². The number of piperazine rings is 2. The number of benzene rings is 2. The van der Waals surface area contributed by atoms with Crippen LogP contribution in [0.2, 0.25) is 19.6 Å². The van der Waals surface area contributed by atoms with Gasteiger partial charge in [-0.3, -0.25) is 43.2 Å². The number of alkyl halides is 4. The van der Waals surface area contributed by atoms with Crippen LogP contribution in [0, 0.1) is 35.3 Å². The van der Waals surface area contributed by atoms with E-state index in [1.165, 1.54) is 43.5 Å². The normalized spacial score (nSPS) is 17.3. The molecule has 20 nitrogen and oxygen atoms in total.